The Labute approximate surface area is 205 Å². The molecule has 0 radical (unpaired) electrons. The van der Waals surface area contributed by atoms with Crippen LogP contribution < -0.4 is 5.46 Å². The second-order valence-corrected chi connectivity index (χ2v) is 8.47. The van der Waals surface area contributed by atoms with Crippen molar-refractivity contribution in [2.75, 3.05) is 13.2 Å². The van der Waals surface area contributed by atoms with Crippen LogP contribution in [0.25, 0.3) is 45.0 Å². The van der Waals surface area contributed by atoms with Gasteiger partial charge in [-0.05, 0) is 22.7 Å². The van der Waals surface area contributed by atoms with E-state index in [1.54, 1.807) is 0 Å². The fraction of sp³-hybridized carbons (Fsp3) is 0.0667. The van der Waals surface area contributed by atoms with Crippen LogP contribution in [0.1, 0.15) is 0 Å². The summed E-state index contributed by atoms with van der Waals surface area (Å²) in [6.45, 7) is 1.26. The molecule has 1 fully saturated rings. The van der Waals surface area contributed by atoms with Crippen LogP contribution in [-0.4, -0.2) is 30.3 Å². The fourth-order valence-corrected chi connectivity index (χ4v) is 4.29. The summed E-state index contributed by atoms with van der Waals surface area (Å²) < 4.78 is 11.3. The maximum atomic E-state index is 5.63. The number of rotatable bonds is 5. The van der Waals surface area contributed by atoms with Crippen LogP contribution in [0.5, 0.6) is 0 Å². The van der Waals surface area contributed by atoms with Crippen molar-refractivity contribution in [3.8, 4) is 45.0 Å². The van der Waals surface area contributed by atoms with Gasteiger partial charge in [0.25, 0.3) is 0 Å². The normalized spacial score (nSPS) is 13.2. The van der Waals surface area contributed by atoms with Crippen LogP contribution >= 0.6 is 0 Å². The molecule has 0 spiro atoms. The van der Waals surface area contributed by atoms with Crippen molar-refractivity contribution in [2.45, 2.75) is 0 Å². The molecule has 1 saturated heterocycles. The molecule has 5 aromatic rings. The van der Waals surface area contributed by atoms with Crippen LogP contribution in [0.3, 0.4) is 0 Å². The van der Waals surface area contributed by atoms with E-state index in [-0.39, 0.29) is 7.12 Å². The zero-order valence-electron chi connectivity index (χ0n) is 19.2. The molecule has 1 aromatic heterocycles. The standard InChI is InChI=1S/C30H23BN2O2/c1-3-7-22(8-4-1)23-11-13-24(14-12-23)28-21-29(33-30(32-28)26-9-5-2-6-10-26)25-15-17-27(18-16-25)31-34-19-20-35-31/h1-18,21H,19-20H2. The zero-order valence-corrected chi connectivity index (χ0v) is 19.2. The predicted molar refractivity (Wildman–Crippen MR) is 141 cm³/mol. The van der Waals surface area contributed by atoms with E-state index < -0.39 is 0 Å². The highest BCUT2D eigenvalue weighted by Gasteiger charge is 2.25. The minimum Gasteiger partial charge on any atom is -0.405 e. The second kappa shape index (κ2) is 9.67. The van der Waals surface area contributed by atoms with E-state index in [0.29, 0.717) is 19.0 Å². The highest BCUT2D eigenvalue weighted by Crippen LogP contribution is 2.29. The summed E-state index contributed by atoms with van der Waals surface area (Å²) in [5.74, 6) is 0.705. The van der Waals surface area contributed by atoms with Gasteiger partial charge in [-0.25, -0.2) is 9.97 Å². The van der Waals surface area contributed by atoms with Crippen molar-refractivity contribution in [1.29, 1.82) is 0 Å². The first-order valence-corrected chi connectivity index (χ1v) is 11.8. The Balaban J connectivity index is 1.39. The summed E-state index contributed by atoms with van der Waals surface area (Å²) in [4.78, 5) is 9.85. The van der Waals surface area contributed by atoms with Gasteiger partial charge in [-0.1, -0.05) is 109 Å². The average Bonchev–Trinajstić information content (AvgIpc) is 3.49. The third-order valence-corrected chi connectivity index (χ3v) is 6.15. The summed E-state index contributed by atoms with van der Waals surface area (Å²) in [6.07, 6.45) is 0. The molecule has 0 saturated carbocycles. The topological polar surface area (TPSA) is 44.2 Å². The minimum atomic E-state index is -0.284. The van der Waals surface area contributed by atoms with Crippen molar-refractivity contribution in [2.24, 2.45) is 0 Å². The van der Waals surface area contributed by atoms with Crippen LogP contribution in [0.2, 0.25) is 0 Å². The summed E-state index contributed by atoms with van der Waals surface area (Å²) in [7, 11) is -0.284. The van der Waals surface area contributed by atoms with Gasteiger partial charge in [0.2, 0.25) is 0 Å². The van der Waals surface area contributed by atoms with E-state index >= 15 is 0 Å². The highest BCUT2D eigenvalue weighted by atomic mass is 16.6. The van der Waals surface area contributed by atoms with Crippen molar-refractivity contribution in [1.82, 2.24) is 9.97 Å². The summed E-state index contributed by atoms with van der Waals surface area (Å²) >= 11 is 0. The van der Waals surface area contributed by atoms with Gasteiger partial charge in [0.05, 0.1) is 24.6 Å². The lowest BCUT2D eigenvalue weighted by Crippen LogP contribution is -2.31. The number of benzene rings is 4. The minimum absolute atomic E-state index is 0.284. The molecule has 4 aromatic carbocycles. The summed E-state index contributed by atoms with van der Waals surface area (Å²) in [5, 5.41) is 0. The third-order valence-electron chi connectivity index (χ3n) is 6.15. The molecule has 0 aliphatic carbocycles. The first kappa shape index (κ1) is 21.5. The van der Waals surface area contributed by atoms with Gasteiger partial charge in [-0.2, -0.15) is 0 Å². The number of nitrogens with zero attached hydrogens (tertiary/aromatic N) is 2. The Hall–Kier alpha value is -4.06. The van der Waals surface area contributed by atoms with Gasteiger partial charge in [0, 0.05) is 16.7 Å². The van der Waals surface area contributed by atoms with Crippen LogP contribution in [-0.2, 0) is 9.31 Å². The van der Waals surface area contributed by atoms with Crippen LogP contribution in [0.15, 0.2) is 115 Å². The zero-order chi connectivity index (χ0) is 23.5. The maximum absolute atomic E-state index is 5.63. The molecule has 0 N–H and O–H groups in total. The van der Waals surface area contributed by atoms with Crippen molar-refractivity contribution in [3.05, 3.63) is 115 Å². The summed E-state index contributed by atoms with van der Waals surface area (Å²) in [5.41, 5.74) is 8.21. The molecule has 0 amide bonds. The first-order valence-electron chi connectivity index (χ1n) is 11.8. The lowest BCUT2D eigenvalue weighted by Gasteiger charge is -2.11. The molecule has 0 atom stereocenters. The molecule has 35 heavy (non-hydrogen) atoms. The number of hydrogen-bond donors (Lipinski definition) is 0. The smallest absolute Gasteiger partial charge is 0.405 e. The first-order chi connectivity index (χ1) is 17.3. The van der Waals surface area contributed by atoms with Crippen molar-refractivity contribution < 1.29 is 9.31 Å². The Bertz CT molecular complexity index is 1420. The Morgan fingerprint density at radius 2 is 0.943 bits per heavy atom. The van der Waals surface area contributed by atoms with Gasteiger partial charge in [0.1, 0.15) is 0 Å². The predicted octanol–water partition coefficient (Wildman–Crippen LogP) is 5.89. The molecule has 2 heterocycles. The molecule has 168 valence electrons. The SMILES string of the molecule is c1ccc(-c2ccc(-c3cc(-c4ccc(B5OCCO5)cc4)nc(-c4ccccc4)n3)cc2)cc1. The largest absolute Gasteiger partial charge is 0.494 e. The lowest BCUT2D eigenvalue weighted by atomic mass is 9.79. The second-order valence-electron chi connectivity index (χ2n) is 8.47. The van der Waals surface area contributed by atoms with Crippen LogP contribution in [0.4, 0.5) is 0 Å². The maximum Gasteiger partial charge on any atom is 0.494 e. The molecule has 0 bridgehead atoms. The van der Waals surface area contributed by atoms with Crippen LogP contribution in [0, 0.1) is 0 Å². The fourth-order valence-electron chi connectivity index (χ4n) is 4.29. The molecule has 6 rings (SSSR count). The molecule has 1 aliphatic rings. The van der Waals surface area contributed by atoms with E-state index in [0.717, 1.165) is 33.5 Å². The van der Waals surface area contributed by atoms with E-state index in [1.165, 1.54) is 11.1 Å². The van der Waals surface area contributed by atoms with Gasteiger partial charge >= 0.3 is 7.12 Å². The summed E-state index contributed by atoms with van der Waals surface area (Å²) in [6, 6.07) is 39.3. The number of hydrogen-bond acceptors (Lipinski definition) is 4. The van der Waals surface area contributed by atoms with Gasteiger partial charge < -0.3 is 9.31 Å². The van der Waals surface area contributed by atoms with Crippen molar-refractivity contribution in [3.63, 3.8) is 0 Å². The van der Waals surface area contributed by atoms with E-state index in [2.05, 4.69) is 66.7 Å². The molecular weight excluding hydrogens is 431 g/mol. The Kier molecular flexibility index (Phi) is 5.93. The average molecular weight is 454 g/mol. The molecule has 4 nitrogen and oxygen atoms in total. The molecule has 5 heteroatoms. The number of aromatic nitrogens is 2. The van der Waals surface area contributed by atoms with E-state index in [9.17, 15) is 0 Å². The quantitative estimate of drug-likeness (QED) is 0.311. The van der Waals surface area contributed by atoms with E-state index in [4.69, 9.17) is 19.3 Å². The van der Waals surface area contributed by atoms with E-state index in [1.807, 2.05) is 48.5 Å². The lowest BCUT2D eigenvalue weighted by molar-refractivity contribution is 0.365. The third kappa shape index (κ3) is 4.65. The van der Waals surface area contributed by atoms with Gasteiger partial charge in [0.15, 0.2) is 5.82 Å². The Morgan fingerprint density at radius 3 is 1.51 bits per heavy atom. The molecule has 0 unspecified atom stereocenters. The highest BCUT2D eigenvalue weighted by molar-refractivity contribution is 6.61. The molecular formula is C30H23BN2O2. The van der Waals surface area contributed by atoms with Gasteiger partial charge in [-0.15, -0.1) is 0 Å². The Morgan fingerprint density at radius 1 is 0.486 bits per heavy atom. The molecule has 1 aliphatic heterocycles. The monoisotopic (exact) mass is 454 g/mol. The van der Waals surface area contributed by atoms with Crippen molar-refractivity contribution >= 4 is 12.6 Å². The van der Waals surface area contributed by atoms with Gasteiger partial charge in [-0.3, -0.25) is 0 Å².